The van der Waals surface area contributed by atoms with Crippen molar-refractivity contribution >= 4 is 12.2 Å². The van der Waals surface area contributed by atoms with E-state index in [2.05, 4.69) is 9.97 Å². The van der Waals surface area contributed by atoms with Crippen molar-refractivity contribution in [2.45, 2.75) is 57.3 Å². The molecule has 1 unspecified atom stereocenters. The van der Waals surface area contributed by atoms with Crippen molar-refractivity contribution < 1.29 is 8.78 Å². The second kappa shape index (κ2) is 5.03. The van der Waals surface area contributed by atoms with Crippen LogP contribution >= 0.6 is 12.2 Å². The van der Waals surface area contributed by atoms with Crippen molar-refractivity contribution in [3.63, 3.8) is 0 Å². The molecule has 0 saturated heterocycles. The quantitative estimate of drug-likeness (QED) is 0.800. The van der Waals surface area contributed by atoms with Crippen LogP contribution in [0.25, 0.3) is 0 Å². The van der Waals surface area contributed by atoms with Crippen LogP contribution in [-0.2, 0) is 0 Å². The van der Waals surface area contributed by atoms with Crippen LogP contribution in [0.5, 0.6) is 0 Å². The first-order chi connectivity index (χ1) is 8.37. The molecule has 1 saturated carbocycles. The lowest BCUT2D eigenvalue weighted by molar-refractivity contribution is -0.0417. The summed E-state index contributed by atoms with van der Waals surface area (Å²) in [6, 6.07) is 1.81. The zero-order valence-corrected chi connectivity index (χ0v) is 11.5. The van der Waals surface area contributed by atoms with Crippen molar-refractivity contribution in [2.75, 3.05) is 0 Å². The number of nitrogens with zero attached hydrogens (tertiary/aromatic N) is 1. The van der Waals surface area contributed by atoms with Gasteiger partial charge in [-0.2, -0.15) is 0 Å². The molecule has 1 aliphatic carbocycles. The lowest BCUT2D eigenvalue weighted by atomic mass is 9.86. The smallest absolute Gasteiger partial charge is 0.248 e. The van der Waals surface area contributed by atoms with Gasteiger partial charge < -0.3 is 4.98 Å². The maximum absolute atomic E-state index is 13.4. The molecule has 1 aromatic rings. The summed E-state index contributed by atoms with van der Waals surface area (Å²) in [5, 5.41) is 0. The topological polar surface area (TPSA) is 28.7 Å². The Hall–Kier alpha value is -0.840. The number of hydrogen-bond donors (Lipinski definition) is 1. The summed E-state index contributed by atoms with van der Waals surface area (Å²) in [5.41, 5.74) is 0.971. The molecule has 1 aliphatic rings. The molecule has 5 heteroatoms. The van der Waals surface area contributed by atoms with Gasteiger partial charge >= 0.3 is 0 Å². The lowest BCUT2D eigenvalue weighted by Crippen LogP contribution is -2.26. The fraction of sp³-hybridized carbons (Fsp3) is 0.692. The van der Waals surface area contributed by atoms with Gasteiger partial charge in [-0.05, 0) is 24.8 Å². The number of hydrogen-bond acceptors (Lipinski definition) is 2. The third-order valence-corrected chi connectivity index (χ3v) is 3.64. The fourth-order valence-corrected chi connectivity index (χ4v) is 2.63. The Morgan fingerprint density at radius 3 is 2.83 bits per heavy atom. The second-order valence-corrected chi connectivity index (χ2v) is 5.78. The maximum atomic E-state index is 13.4. The minimum atomic E-state index is -2.56. The molecular formula is C13H18F2N2S. The van der Waals surface area contributed by atoms with E-state index in [9.17, 15) is 8.78 Å². The van der Waals surface area contributed by atoms with E-state index in [0.29, 0.717) is 16.9 Å². The molecular weight excluding hydrogens is 254 g/mol. The standard InChI is InChI=1S/C13H18F2N2S/c1-8(2)10-6-11(18)17-12(16-10)9-4-3-5-13(14,15)7-9/h6,8-9H,3-5,7H2,1-2H3,(H,16,17,18). The number of halogens is 2. The predicted molar refractivity (Wildman–Crippen MR) is 69.7 cm³/mol. The van der Waals surface area contributed by atoms with Gasteiger partial charge in [-0.3, -0.25) is 0 Å². The Bertz CT molecular complexity index is 482. The Morgan fingerprint density at radius 2 is 2.22 bits per heavy atom. The van der Waals surface area contributed by atoms with E-state index < -0.39 is 5.92 Å². The molecule has 0 spiro atoms. The zero-order valence-electron chi connectivity index (χ0n) is 10.7. The molecule has 1 fully saturated rings. The molecule has 0 radical (unpaired) electrons. The zero-order chi connectivity index (χ0) is 13.3. The van der Waals surface area contributed by atoms with E-state index in [1.165, 1.54) is 0 Å². The van der Waals surface area contributed by atoms with Gasteiger partial charge in [0.1, 0.15) is 10.5 Å². The van der Waals surface area contributed by atoms with Crippen molar-refractivity contribution in [1.29, 1.82) is 0 Å². The fourth-order valence-electron chi connectivity index (χ4n) is 2.41. The lowest BCUT2D eigenvalue weighted by Gasteiger charge is -2.28. The molecule has 100 valence electrons. The van der Waals surface area contributed by atoms with Crippen molar-refractivity contribution in [3.8, 4) is 0 Å². The third kappa shape index (κ3) is 3.13. The van der Waals surface area contributed by atoms with E-state index in [1.807, 2.05) is 19.9 Å². The second-order valence-electron chi connectivity index (χ2n) is 5.36. The van der Waals surface area contributed by atoms with Crippen LogP contribution in [0.15, 0.2) is 6.07 Å². The van der Waals surface area contributed by atoms with Gasteiger partial charge in [0.2, 0.25) is 5.92 Å². The highest BCUT2D eigenvalue weighted by atomic mass is 32.1. The van der Waals surface area contributed by atoms with Crippen molar-refractivity contribution in [1.82, 2.24) is 9.97 Å². The van der Waals surface area contributed by atoms with Crippen molar-refractivity contribution in [3.05, 3.63) is 22.2 Å². The monoisotopic (exact) mass is 272 g/mol. The van der Waals surface area contributed by atoms with Crippen molar-refractivity contribution in [2.24, 2.45) is 0 Å². The summed E-state index contributed by atoms with van der Waals surface area (Å²) in [6.45, 7) is 4.08. The molecule has 1 N–H and O–H groups in total. The molecule has 1 atom stereocenters. The molecule has 1 heterocycles. The summed E-state index contributed by atoms with van der Waals surface area (Å²) in [5.74, 6) is -1.84. The molecule has 0 aromatic carbocycles. The number of H-pyrrole nitrogens is 1. The summed E-state index contributed by atoms with van der Waals surface area (Å²) in [4.78, 5) is 7.41. The van der Waals surface area contributed by atoms with E-state index in [0.717, 1.165) is 12.1 Å². The first kappa shape index (κ1) is 13.6. The highest BCUT2D eigenvalue weighted by Gasteiger charge is 2.37. The third-order valence-electron chi connectivity index (χ3n) is 3.43. The van der Waals surface area contributed by atoms with E-state index >= 15 is 0 Å². The van der Waals surface area contributed by atoms with Crippen LogP contribution in [0.1, 0.15) is 62.9 Å². The number of alkyl halides is 2. The minimum absolute atomic E-state index is 0.00585. The highest BCUT2D eigenvalue weighted by Crippen LogP contribution is 2.40. The van der Waals surface area contributed by atoms with Crippen LogP contribution in [0.3, 0.4) is 0 Å². The average Bonchev–Trinajstić information content (AvgIpc) is 2.26. The van der Waals surface area contributed by atoms with E-state index in [1.54, 1.807) is 0 Å². The molecule has 0 bridgehead atoms. The van der Waals surface area contributed by atoms with Gasteiger partial charge in [0.25, 0.3) is 0 Å². The van der Waals surface area contributed by atoms with Crippen LogP contribution < -0.4 is 0 Å². The molecule has 18 heavy (non-hydrogen) atoms. The van der Waals surface area contributed by atoms with Gasteiger partial charge in [0, 0.05) is 24.5 Å². The number of rotatable bonds is 2. The Balaban J connectivity index is 2.30. The summed E-state index contributed by atoms with van der Waals surface area (Å²) in [6.07, 6.45) is 1.18. The van der Waals surface area contributed by atoms with E-state index in [-0.39, 0.29) is 24.7 Å². The van der Waals surface area contributed by atoms with Gasteiger partial charge in [-0.15, -0.1) is 0 Å². The normalized spacial score (nSPS) is 23.3. The SMILES string of the molecule is CC(C)c1cc(=S)nc(C2CCCC(F)(F)C2)[nH]1. The molecule has 2 nitrogen and oxygen atoms in total. The Labute approximate surface area is 111 Å². The van der Waals surface area contributed by atoms with Gasteiger partial charge in [0.05, 0.1) is 0 Å². The van der Waals surface area contributed by atoms with Crippen LogP contribution in [-0.4, -0.2) is 15.9 Å². The van der Waals surface area contributed by atoms with Crippen LogP contribution in [0.4, 0.5) is 8.78 Å². The van der Waals surface area contributed by atoms with Crippen LogP contribution in [0.2, 0.25) is 0 Å². The number of aromatic nitrogens is 2. The maximum Gasteiger partial charge on any atom is 0.248 e. The largest absolute Gasteiger partial charge is 0.347 e. The number of aromatic amines is 1. The average molecular weight is 272 g/mol. The predicted octanol–water partition coefficient (Wildman–Crippen LogP) is 4.56. The van der Waals surface area contributed by atoms with Crippen LogP contribution in [0, 0.1) is 4.64 Å². The number of nitrogens with one attached hydrogen (secondary N) is 1. The molecule has 1 aromatic heterocycles. The van der Waals surface area contributed by atoms with Gasteiger partial charge in [-0.1, -0.05) is 26.1 Å². The minimum Gasteiger partial charge on any atom is -0.347 e. The molecule has 0 aliphatic heterocycles. The Morgan fingerprint density at radius 1 is 1.50 bits per heavy atom. The molecule has 2 rings (SSSR count). The van der Waals surface area contributed by atoms with Gasteiger partial charge in [0.15, 0.2) is 0 Å². The summed E-state index contributed by atoms with van der Waals surface area (Å²) >= 11 is 5.11. The first-order valence-electron chi connectivity index (χ1n) is 6.36. The van der Waals surface area contributed by atoms with Gasteiger partial charge in [-0.25, -0.2) is 13.8 Å². The van der Waals surface area contributed by atoms with E-state index in [4.69, 9.17) is 12.2 Å². The Kier molecular flexibility index (Phi) is 3.80. The first-order valence-corrected chi connectivity index (χ1v) is 6.77. The highest BCUT2D eigenvalue weighted by molar-refractivity contribution is 7.71. The molecule has 0 amide bonds. The summed E-state index contributed by atoms with van der Waals surface area (Å²) < 4.78 is 27.4. The summed E-state index contributed by atoms with van der Waals surface area (Å²) in [7, 11) is 0.